The number of allylic oxidation sites excluding steroid dienone is 2. The summed E-state index contributed by atoms with van der Waals surface area (Å²) in [6.45, 7) is 6.54. The zero-order chi connectivity index (χ0) is 22.3. The smallest absolute Gasteiger partial charge is 0.318 e. The SMILES string of the molecule is C=C/C(=C\C=C/COC)COc1ncc(F)c(N=C(Nc2ccccc2)SCCC)n1. The molecule has 6 nitrogen and oxygen atoms in total. The zero-order valence-corrected chi connectivity index (χ0v) is 18.6. The first kappa shape index (κ1) is 24.3. The normalized spacial score (nSPS) is 12.2. The molecule has 1 aromatic heterocycles. The molecule has 0 fully saturated rings. The maximum Gasteiger partial charge on any atom is 0.318 e. The number of hydrogen-bond donors (Lipinski definition) is 1. The molecular formula is C23H27FN4O2S. The van der Waals surface area contributed by atoms with Crippen LogP contribution in [0.15, 0.2) is 78.0 Å². The molecule has 2 aromatic rings. The summed E-state index contributed by atoms with van der Waals surface area (Å²) in [5.74, 6) is 0.119. The lowest BCUT2D eigenvalue weighted by atomic mass is 10.2. The third kappa shape index (κ3) is 9.15. The Morgan fingerprint density at radius 2 is 2.13 bits per heavy atom. The predicted octanol–water partition coefficient (Wildman–Crippen LogP) is 5.55. The molecule has 0 saturated heterocycles. The van der Waals surface area contributed by atoms with E-state index in [0.717, 1.165) is 29.6 Å². The van der Waals surface area contributed by atoms with Crippen LogP contribution in [-0.2, 0) is 4.74 Å². The first-order valence-electron chi connectivity index (χ1n) is 9.82. The van der Waals surface area contributed by atoms with E-state index in [4.69, 9.17) is 9.47 Å². The van der Waals surface area contributed by atoms with Gasteiger partial charge in [0.2, 0.25) is 0 Å². The lowest BCUT2D eigenvalue weighted by Crippen LogP contribution is -2.09. The number of amidine groups is 1. The fraction of sp³-hybridized carbons (Fsp3) is 0.261. The molecule has 1 N–H and O–H groups in total. The summed E-state index contributed by atoms with van der Waals surface area (Å²) in [5.41, 5.74) is 1.67. The van der Waals surface area contributed by atoms with Gasteiger partial charge in [-0.15, -0.1) is 0 Å². The van der Waals surface area contributed by atoms with Crippen LogP contribution in [0.1, 0.15) is 13.3 Å². The fourth-order valence-corrected chi connectivity index (χ4v) is 2.93. The van der Waals surface area contributed by atoms with Gasteiger partial charge in [-0.1, -0.05) is 67.8 Å². The summed E-state index contributed by atoms with van der Waals surface area (Å²) in [5, 5.41) is 3.75. The third-order valence-corrected chi connectivity index (χ3v) is 4.80. The Kier molecular flexibility index (Phi) is 11.1. The summed E-state index contributed by atoms with van der Waals surface area (Å²) in [6.07, 6.45) is 9.23. The largest absolute Gasteiger partial charge is 0.459 e. The summed E-state index contributed by atoms with van der Waals surface area (Å²) in [4.78, 5) is 12.4. The fourth-order valence-electron chi connectivity index (χ4n) is 2.19. The number of ether oxygens (including phenoxy) is 2. The summed E-state index contributed by atoms with van der Waals surface area (Å²) >= 11 is 1.49. The van der Waals surface area contributed by atoms with Crippen LogP contribution >= 0.6 is 11.8 Å². The molecule has 0 saturated carbocycles. The Bertz CT molecular complexity index is 917. The highest BCUT2D eigenvalue weighted by atomic mass is 32.2. The van der Waals surface area contributed by atoms with Crippen molar-refractivity contribution in [3.63, 3.8) is 0 Å². The van der Waals surface area contributed by atoms with E-state index >= 15 is 0 Å². The van der Waals surface area contributed by atoms with Crippen LogP contribution < -0.4 is 10.1 Å². The molecule has 1 heterocycles. The van der Waals surface area contributed by atoms with Gasteiger partial charge >= 0.3 is 6.01 Å². The molecule has 2 rings (SSSR count). The molecule has 0 aliphatic heterocycles. The highest BCUT2D eigenvalue weighted by Crippen LogP contribution is 2.21. The average Bonchev–Trinajstić information content (AvgIpc) is 2.79. The first-order valence-corrected chi connectivity index (χ1v) is 10.8. The van der Waals surface area contributed by atoms with Crippen molar-refractivity contribution in [2.45, 2.75) is 13.3 Å². The molecule has 0 radical (unpaired) electrons. The number of thioether (sulfide) groups is 1. The zero-order valence-electron chi connectivity index (χ0n) is 17.8. The topological polar surface area (TPSA) is 68.6 Å². The second-order valence-corrected chi connectivity index (χ2v) is 7.28. The number of benzene rings is 1. The number of anilines is 1. The van der Waals surface area contributed by atoms with Crippen LogP contribution in [0.2, 0.25) is 0 Å². The van der Waals surface area contributed by atoms with Crippen LogP contribution in [-0.4, -0.2) is 41.2 Å². The summed E-state index contributed by atoms with van der Waals surface area (Å²) in [7, 11) is 1.62. The third-order valence-electron chi connectivity index (χ3n) is 3.72. The molecule has 0 unspecified atom stereocenters. The Morgan fingerprint density at radius 3 is 2.84 bits per heavy atom. The Balaban J connectivity index is 2.16. The number of halogens is 1. The first-order chi connectivity index (χ1) is 15.2. The minimum atomic E-state index is -0.626. The van der Waals surface area contributed by atoms with E-state index in [0.29, 0.717) is 11.8 Å². The van der Waals surface area contributed by atoms with Crippen molar-refractivity contribution >= 4 is 28.4 Å². The van der Waals surface area contributed by atoms with Gasteiger partial charge in [-0.25, -0.2) is 14.4 Å². The number of nitrogens with zero attached hydrogens (tertiary/aromatic N) is 3. The lowest BCUT2D eigenvalue weighted by molar-refractivity contribution is 0.234. The van der Waals surface area contributed by atoms with Crippen LogP contribution in [0.5, 0.6) is 6.01 Å². The van der Waals surface area contributed by atoms with E-state index in [1.54, 1.807) is 13.2 Å². The van der Waals surface area contributed by atoms with E-state index in [-0.39, 0.29) is 18.4 Å². The van der Waals surface area contributed by atoms with Gasteiger partial charge < -0.3 is 14.8 Å². The molecule has 0 amide bonds. The van der Waals surface area contributed by atoms with Crippen molar-refractivity contribution in [2.75, 3.05) is 31.4 Å². The Hall–Kier alpha value is -2.97. The van der Waals surface area contributed by atoms with Crippen molar-refractivity contribution < 1.29 is 13.9 Å². The highest BCUT2D eigenvalue weighted by molar-refractivity contribution is 8.14. The van der Waals surface area contributed by atoms with E-state index in [1.165, 1.54) is 11.8 Å². The molecule has 31 heavy (non-hydrogen) atoms. The molecule has 164 valence electrons. The van der Waals surface area contributed by atoms with E-state index in [9.17, 15) is 4.39 Å². The Morgan fingerprint density at radius 1 is 1.32 bits per heavy atom. The predicted molar refractivity (Wildman–Crippen MR) is 127 cm³/mol. The van der Waals surface area contributed by atoms with Crippen molar-refractivity contribution in [1.29, 1.82) is 0 Å². The summed E-state index contributed by atoms with van der Waals surface area (Å²) in [6, 6.07) is 9.61. The molecule has 0 bridgehead atoms. The standard InChI is InChI=1S/C23H27FN4O2S/c1-4-15-31-23(26-19-12-7-6-8-13-19)28-21-20(24)16-25-22(27-21)30-17-18(5-2)11-9-10-14-29-3/h5-13,16H,2,4,14-15,17H2,1,3H3,(H,25,26,27,28)/b10-9-,18-11+. The molecule has 0 aliphatic carbocycles. The van der Waals surface area contributed by atoms with Gasteiger partial charge in [0.25, 0.3) is 0 Å². The number of rotatable bonds is 11. The van der Waals surface area contributed by atoms with Gasteiger partial charge in [-0.2, -0.15) is 4.98 Å². The maximum atomic E-state index is 14.3. The highest BCUT2D eigenvalue weighted by Gasteiger charge is 2.10. The number of para-hydroxylation sites is 1. The lowest BCUT2D eigenvalue weighted by Gasteiger charge is -2.10. The van der Waals surface area contributed by atoms with Gasteiger partial charge in [-0.3, -0.25) is 0 Å². The van der Waals surface area contributed by atoms with Gasteiger partial charge in [0.05, 0.1) is 12.8 Å². The van der Waals surface area contributed by atoms with Crippen molar-refractivity contribution in [2.24, 2.45) is 4.99 Å². The maximum absolute atomic E-state index is 14.3. The average molecular weight is 443 g/mol. The van der Waals surface area contributed by atoms with Crippen LogP contribution in [0.25, 0.3) is 0 Å². The van der Waals surface area contributed by atoms with Gasteiger partial charge in [0.15, 0.2) is 16.8 Å². The van der Waals surface area contributed by atoms with Crippen LogP contribution in [0.3, 0.4) is 0 Å². The van der Waals surface area contributed by atoms with Crippen LogP contribution in [0, 0.1) is 5.82 Å². The van der Waals surface area contributed by atoms with E-state index < -0.39 is 5.82 Å². The molecule has 8 heteroatoms. The Labute approximate surface area is 187 Å². The number of hydrogen-bond acceptors (Lipinski definition) is 6. The number of methoxy groups -OCH3 is 1. The van der Waals surface area contributed by atoms with Gasteiger partial charge in [-0.05, 0) is 24.1 Å². The minimum absolute atomic E-state index is 0.0355. The minimum Gasteiger partial charge on any atom is -0.459 e. The molecule has 0 aliphatic rings. The summed E-state index contributed by atoms with van der Waals surface area (Å²) < 4.78 is 24.9. The molecule has 0 atom stereocenters. The molecule has 1 aromatic carbocycles. The van der Waals surface area contributed by atoms with E-state index in [2.05, 4.69) is 33.8 Å². The second kappa shape index (κ2) is 14.1. The molecular weight excluding hydrogens is 415 g/mol. The van der Waals surface area contributed by atoms with Crippen molar-refractivity contribution in [3.05, 3.63) is 78.8 Å². The molecule has 0 spiro atoms. The number of aromatic nitrogens is 2. The van der Waals surface area contributed by atoms with Gasteiger partial charge in [0.1, 0.15) is 6.61 Å². The van der Waals surface area contributed by atoms with Crippen LogP contribution in [0.4, 0.5) is 15.9 Å². The van der Waals surface area contributed by atoms with Crippen molar-refractivity contribution in [1.82, 2.24) is 9.97 Å². The second-order valence-electron chi connectivity index (χ2n) is 6.20. The van der Waals surface area contributed by atoms with Gasteiger partial charge in [0, 0.05) is 18.6 Å². The van der Waals surface area contributed by atoms with E-state index in [1.807, 2.05) is 48.6 Å². The number of nitrogens with one attached hydrogen (secondary N) is 1. The quantitative estimate of drug-likeness (QED) is 0.279. The van der Waals surface area contributed by atoms with Crippen molar-refractivity contribution in [3.8, 4) is 6.01 Å². The number of aliphatic imine (C=N–C) groups is 1. The monoisotopic (exact) mass is 442 g/mol.